The Hall–Kier alpha value is -5.03. The first-order valence-electron chi connectivity index (χ1n) is 18.5. The Morgan fingerprint density at radius 1 is 1.11 bits per heavy atom. The van der Waals surface area contributed by atoms with Gasteiger partial charge < -0.3 is 24.4 Å². The molecule has 4 aliphatic rings. The third-order valence-corrected chi connectivity index (χ3v) is 12.8. The van der Waals surface area contributed by atoms with Crippen LogP contribution in [0.2, 0.25) is 0 Å². The highest BCUT2D eigenvalue weighted by Crippen LogP contribution is 2.53. The van der Waals surface area contributed by atoms with Gasteiger partial charge in [-0.05, 0) is 55.0 Å². The number of sulfonamides is 1. The van der Waals surface area contributed by atoms with Crippen molar-refractivity contribution in [1.82, 2.24) is 19.9 Å². The maximum atomic E-state index is 14.4. The van der Waals surface area contributed by atoms with E-state index in [9.17, 15) is 31.6 Å². The van der Waals surface area contributed by atoms with Gasteiger partial charge in [0.05, 0.1) is 24.9 Å². The fraction of sp³-hybridized carbons (Fsp3) is 0.487. The number of imide groups is 1. The average Bonchev–Trinajstić information content (AvgIpc) is 4.08. The second-order valence-corrected chi connectivity index (χ2v) is 17.9. The molecule has 2 aromatic carbocycles. The third kappa shape index (κ3) is 7.33. The smallest absolute Gasteiger partial charge is 0.254 e. The van der Waals surface area contributed by atoms with Crippen LogP contribution in [0.1, 0.15) is 46.5 Å². The molecule has 0 radical (unpaired) electrons. The molecule has 3 aromatic rings. The Labute approximate surface area is 324 Å². The van der Waals surface area contributed by atoms with Crippen LogP contribution in [-0.2, 0) is 24.4 Å². The van der Waals surface area contributed by atoms with E-state index in [2.05, 4.69) is 21.9 Å². The van der Waals surface area contributed by atoms with Gasteiger partial charge in [-0.25, -0.2) is 17.2 Å². The second kappa shape index (κ2) is 14.5. The number of fused-ring (bicyclic) bond motifs is 3. The van der Waals surface area contributed by atoms with Gasteiger partial charge in [-0.15, -0.1) is 6.58 Å². The minimum Gasteiger partial charge on any atom is -0.497 e. The largest absolute Gasteiger partial charge is 0.497 e. The van der Waals surface area contributed by atoms with Crippen molar-refractivity contribution in [2.75, 3.05) is 44.1 Å². The van der Waals surface area contributed by atoms with Gasteiger partial charge in [-0.2, -0.15) is 4.98 Å². The molecular weight excluding hydrogens is 751 g/mol. The number of nitrogens with zero attached hydrogens (tertiary/aromatic N) is 3. The Morgan fingerprint density at radius 2 is 1.86 bits per heavy atom. The Bertz CT molecular complexity index is 2210. The number of aromatic nitrogens is 1. The maximum absolute atomic E-state index is 14.4. The molecule has 3 heterocycles. The molecule has 0 unspecified atom stereocenters. The van der Waals surface area contributed by atoms with Crippen LogP contribution in [0.3, 0.4) is 0 Å². The van der Waals surface area contributed by atoms with Crippen molar-refractivity contribution < 1.29 is 45.8 Å². The molecule has 7 rings (SSSR count). The van der Waals surface area contributed by atoms with Crippen LogP contribution >= 0.6 is 0 Å². The van der Waals surface area contributed by atoms with E-state index >= 15 is 0 Å². The molecule has 300 valence electrons. The molecule has 0 spiro atoms. The number of pyridine rings is 1. The van der Waals surface area contributed by atoms with Gasteiger partial charge in [0.2, 0.25) is 27.7 Å². The molecule has 5 atom stereocenters. The minimum atomic E-state index is -3.96. The number of ether oxygens (including phenoxy) is 3. The quantitative estimate of drug-likeness (QED) is 0.227. The monoisotopic (exact) mass is 796 g/mol. The van der Waals surface area contributed by atoms with Crippen LogP contribution in [0.25, 0.3) is 10.8 Å². The van der Waals surface area contributed by atoms with E-state index in [0.29, 0.717) is 54.1 Å². The first-order valence-corrected chi connectivity index (χ1v) is 20.1. The highest BCUT2D eigenvalue weighted by Gasteiger charge is 2.67. The summed E-state index contributed by atoms with van der Waals surface area (Å²) in [6.45, 7) is 10.1. The molecule has 3 fully saturated rings. The van der Waals surface area contributed by atoms with E-state index < -0.39 is 79.7 Å². The molecular formula is C39H46F2N6O8S. The van der Waals surface area contributed by atoms with E-state index in [-0.39, 0.29) is 31.0 Å². The number of methoxy groups -OCH3 is 1. The summed E-state index contributed by atoms with van der Waals surface area (Å²) in [6.07, 6.45) is 1.84. The number of anilines is 2. The molecule has 2 saturated carbocycles. The molecule has 0 bridgehead atoms. The van der Waals surface area contributed by atoms with E-state index in [1.54, 1.807) is 51.0 Å². The summed E-state index contributed by atoms with van der Waals surface area (Å²) in [7, 11) is -0.521. The molecule has 14 nitrogen and oxygen atoms in total. The third-order valence-electron chi connectivity index (χ3n) is 11.0. The molecule has 2 aliphatic heterocycles. The number of likely N-dealkylation sites (tertiary alicyclic amines) is 1. The number of likely N-dealkylation sites (N-methyl/N-ethyl adjacent to an activating group) is 1. The van der Waals surface area contributed by atoms with E-state index in [1.165, 1.54) is 6.07 Å². The molecule has 17 heteroatoms. The Balaban J connectivity index is 1.22. The topological polar surface area (TPSA) is 168 Å². The lowest BCUT2D eigenvalue weighted by Gasteiger charge is -2.34. The SMILES string of the molecule is C=C[C@@H]1C[C@@]1(C(=O)NS(=O)(=O)C1CC1)N1C[C@H](Oc2nc3c(c4cc(OC)ccc24)OCCN3C)C[C@H]1C(=O)NC(=O)[C@H](Nc1ccc(F)c(F)c1)C(C)(C)C. The van der Waals surface area contributed by atoms with Gasteiger partial charge in [-0.3, -0.25) is 29.3 Å². The van der Waals surface area contributed by atoms with Crippen molar-refractivity contribution in [3.63, 3.8) is 0 Å². The normalized spacial score (nSPS) is 24.1. The second-order valence-electron chi connectivity index (χ2n) is 16.0. The lowest BCUT2D eigenvalue weighted by atomic mass is 9.85. The zero-order valence-electron chi connectivity index (χ0n) is 31.9. The maximum Gasteiger partial charge on any atom is 0.254 e. The summed E-state index contributed by atoms with van der Waals surface area (Å²) in [4.78, 5) is 50.8. The summed E-state index contributed by atoms with van der Waals surface area (Å²) < 4.78 is 74.3. The zero-order valence-corrected chi connectivity index (χ0v) is 32.7. The predicted molar refractivity (Wildman–Crippen MR) is 204 cm³/mol. The first-order chi connectivity index (χ1) is 26.5. The van der Waals surface area contributed by atoms with Gasteiger partial charge in [-0.1, -0.05) is 26.8 Å². The van der Waals surface area contributed by atoms with Crippen molar-refractivity contribution in [1.29, 1.82) is 0 Å². The van der Waals surface area contributed by atoms with Crippen molar-refractivity contribution >= 4 is 50.0 Å². The number of halogens is 2. The molecule has 1 aromatic heterocycles. The number of hydrogen-bond donors (Lipinski definition) is 3. The molecule has 1 saturated heterocycles. The van der Waals surface area contributed by atoms with Crippen molar-refractivity contribution in [3.05, 3.63) is 60.7 Å². The predicted octanol–water partition coefficient (Wildman–Crippen LogP) is 3.89. The van der Waals surface area contributed by atoms with Crippen LogP contribution in [0.5, 0.6) is 17.4 Å². The number of carbonyl (C=O) groups excluding carboxylic acids is 3. The van der Waals surface area contributed by atoms with Crippen molar-refractivity contribution in [3.8, 4) is 17.4 Å². The fourth-order valence-corrected chi connectivity index (χ4v) is 8.98. The molecule has 3 amide bonds. The first kappa shape index (κ1) is 39.2. The summed E-state index contributed by atoms with van der Waals surface area (Å²) in [5, 5.41) is 6.06. The van der Waals surface area contributed by atoms with E-state index in [4.69, 9.17) is 19.2 Å². The number of rotatable bonds is 12. The number of carbonyl (C=O) groups is 3. The van der Waals surface area contributed by atoms with Crippen LogP contribution in [-0.4, -0.2) is 98.9 Å². The van der Waals surface area contributed by atoms with Gasteiger partial charge in [0, 0.05) is 48.5 Å². The van der Waals surface area contributed by atoms with Gasteiger partial charge in [0.15, 0.2) is 23.2 Å². The fourth-order valence-electron chi connectivity index (χ4n) is 7.62. The van der Waals surface area contributed by atoms with Crippen molar-refractivity contribution in [2.24, 2.45) is 11.3 Å². The Kier molecular flexibility index (Phi) is 10.1. The highest BCUT2D eigenvalue weighted by atomic mass is 32.2. The summed E-state index contributed by atoms with van der Waals surface area (Å²) in [5.41, 5.74) is -2.18. The lowest BCUT2D eigenvalue weighted by Crippen LogP contribution is -2.59. The van der Waals surface area contributed by atoms with Crippen LogP contribution in [0.15, 0.2) is 49.1 Å². The summed E-state index contributed by atoms with van der Waals surface area (Å²) >= 11 is 0. The van der Waals surface area contributed by atoms with E-state index in [1.807, 2.05) is 18.0 Å². The standard InChI is InChI=1S/C39H46F2N6O8S/c1-7-21-19-39(21,37(50)45-56(51,52)25-10-11-25)47-20-24(55-36-26-12-9-23(53-6)17-27(26)31-33(43-36)46(5)14-15-54-31)18-30(47)34(48)44-35(49)32(38(2,3)4)42-22-8-13-28(40)29(41)16-22/h7-9,12-13,16-17,21,24-25,30,32,42H,1,10-11,14-15,18-20H2,2-6H3,(H,45,50)(H,44,48,49)/t21-,24-,30+,32+,39-/m1/s1. The molecule has 56 heavy (non-hydrogen) atoms. The number of benzene rings is 2. The molecule has 3 N–H and O–H groups in total. The van der Waals surface area contributed by atoms with Crippen LogP contribution in [0, 0.1) is 23.0 Å². The van der Waals surface area contributed by atoms with Gasteiger partial charge in [0.1, 0.15) is 30.0 Å². The average molecular weight is 797 g/mol. The zero-order chi connectivity index (χ0) is 40.3. The van der Waals surface area contributed by atoms with Crippen LogP contribution < -0.4 is 34.5 Å². The van der Waals surface area contributed by atoms with Crippen molar-refractivity contribution in [2.45, 2.75) is 75.4 Å². The Morgan fingerprint density at radius 3 is 2.50 bits per heavy atom. The van der Waals surface area contributed by atoms with E-state index in [0.717, 1.165) is 12.1 Å². The van der Waals surface area contributed by atoms with Gasteiger partial charge >= 0.3 is 0 Å². The number of hydrogen-bond acceptors (Lipinski definition) is 12. The van der Waals surface area contributed by atoms with Crippen LogP contribution in [0.4, 0.5) is 20.3 Å². The highest BCUT2D eigenvalue weighted by molar-refractivity contribution is 7.91. The van der Waals surface area contributed by atoms with Gasteiger partial charge in [0.25, 0.3) is 5.91 Å². The minimum absolute atomic E-state index is 0.00702. The summed E-state index contributed by atoms with van der Waals surface area (Å²) in [6, 6.07) is 6.27. The molecule has 2 aliphatic carbocycles. The summed E-state index contributed by atoms with van der Waals surface area (Å²) in [5.74, 6) is -3.03. The number of amides is 3. The number of nitrogens with one attached hydrogen (secondary N) is 3. The lowest BCUT2D eigenvalue weighted by molar-refractivity contribution is -0.136.